The molecule has 0 fully saturated rings. The zero-order valence-corrected chi connectivity index (χ0v) is 9.02. The quantitative estimate of drug-likeness (QED) is 0.877. The van der Waals surface area contributed by atoms with E-state index in [0.29, 0.717) is 23.5 Å². The number of aromatic nitrogens is 1. The average molecular weight is 227 g/mol. The molecule has 4 heteroatoms. The van der Waals surface area contributed by atoms with Gasteiger partial charge in [-0.05, 0) is 24.3 Å². The molecule has 0 atom stereocenters. The van der Waals surface area contributed by atoms with E-state index >= 15 is 0 Å². The van der Waals surface area contributed by atoms with Crippen molar-refractivity contribution in [3.05, 3.63) is 59.5 Å². The maximum Gasteiger partial charge on any atom is 0.129 e. The van der Waals surface area contributed by atoms with Crippen LogP contribution < -0.4 is 5.32 Å². The third kappa shape index (κ3) is 2.79. The highest BCUT2D eigenvalue weighted by Gasteiger charge is 2.03. The first-order valence-corrected chi connectivity index (χ1v) is 5.13. The highest BCUT2D eigenvalue weighted by atomic mass is 19.1. The minimum Gasteiger partial charge on any atom is -0.366 e. The normalized spacial score (nSPS) is 9.65. The van der Waals surface area contributed by atoms with Gasteiger partial charge in [-0.2, -0.15) is 5.26 Å². The fraction of sp³-hybridized carbons (Fsp3) is 0.0769. The highest BCUT2D eigenvalue weighted by molar-refractivity contribution is 5.37. The highest BCUT2D eigenvalue weighted by Crippen LogP contribution is 2.11. The molecule has 0 unspecified atom stereocenters. The third-order valence-corrected chi connectivity index (χ3v) is 2.31. The van der Waals surface area contributed by atoms with Crippen molar-refractivity contribution in [3.63, 3.8) is 0 Å². The van der Waals surface area contributed by atoms with Crippen molar-refractivity contribution in [2.75, 3.05) is 5.32 Å². The number of nitrogens with one attached hydrogen (secondary N) is 1. The fourth-order valence-corrected chi connectivity index (χ4v) is 1.41. The van der Waals surface area contributed by atoms with Crippen molar-refractivity contribution in [1.82, 2.24) is 4.98 Å². The van der Waals surface area contributed by atoms with Gasteiger partial charge in [0.25, 0.3) is 0 Å². The lowest BCUT2D eigenvalue weighted by Crippen LogP contribution is -2.03. The number of hydrogen-bond donors (Lipinski definition) is 1. The van der Waals surface area contributed by atoms with Gasteiger partial charge in [-0.25, -0.2) is 9.37 Å². The molecule has 1 heterocycles. The van der Waals surface area contributed by atoms with Crippen molar-refractivity contribution >= 4 is 5.82 Å². The molecule has 2 aromatic rings. The molecule has 0 amide bonds. The molecule has 0 spiro atoms. The van der Waals surface area contributed by atoms with Gasteiger partial charge in [-0.15, -0.1) is 0 Å². The zero-order valence-electron chi connectivity index (χ0n) is 9.02. The van der Waals surface area contributed by atoms with Crippen LogP contribution in [0.5, 0.6) is 0 Å². The molecular weight excluding hydrogens is 217 g/mol. The Morgan fingerprint density at radius 3 is 2.82 bits per heavy atom. The molecule has 0 aliphatic heterocycles. The van der Waals surface area contributed by atoms with Gasteiger partial charge < -0.3 is 5.32 Å². The Hall–Kier alpha value is -2.41. The van der Waals surface area contributed by atoms with Gasteiger partial charge in [-0.3, -0.25) is 0 Å². The van der Waals surface area contributed by atoms with E-state index in [1.165, 1.54) is 6.07 Å². The first kappa shape index (κ1) is 11.1. The number of nitriles is 1. The Balaban J connectivity index is 2.08. The van der Waals surface area contributed by atoms with Gasteiger partial charge in [0, 0.05) is 18.3 Å². The van der Waals surface area contributed by atoms with Crippen LogP contribution in [0.4, 0.5) is 10.2 Å². The smallest absolute Gasteiger partial charge is 0.129 e. The van der Waals surface area contributed by atoms with Crippen molar-refractivity contribution in [3.8, 4) is 6.07 Å². The van der Waals surface area contributed by atoms with Crippen LogP contribution in [-0.4, -0.2) is 4.98 Å². The Morgan fingerprint density at radius 1 is 1.29 bits per heavy atom. The molecule has 0 saturated heterocycles. The molecule has 0 bridgehead atoms. The Morgan fingerprint density at radius 2 is 2.18 bits per heavy atom. The van der Waals surface area contributed by atoms with Crippen molar-refractivity contribution < 1.29 is 4.39 Å². The number of nitrogens with zero attached hydrogens (tertiary/aromatic N) is 2. The molecule has 1 aromatic heterocycles. The summed E-state index contributed by atoms with van der Waals surface area (Å²) in [5.74, 6) is 0.309. The van der Waals surface area contributed by atoms with Crippen molar-refractivity contribution in [2.24, 2.45) is 0 Å². The second-order valence-electron chi connectivity index (χ2n) is 3.49. The predicted octanol–water partition coefficient (Wildman–Crippen LogP) is 2.70. The summed E-state index contributed by atoms with van der Waals surface area (Å²) in [6.45, 7) is 0.342. The summed E-state index contributed by atoms with van der Waals surface area (Å²) in [5, 5.41) is 11.6. The summed E-state index contributed by atoms with van der Waals surface area (Å²) in [5.41, 5.74) is 0.832. The van der Waals surface area contributed by atoms with E-state index in [2.05, 4.69) is 10.3 Å². The van der Waals surface area contributed by atoms with E-state index in [0.717, 1.165) is 0 Å². The Kier molecular flexibility index (Phi) is 3.31. The summed E-state index contributed by atoms with van der Waals surface area (Å²) in [6.07, 6.45) is 1.66. The lowest BCUT2D eigenvalue weighted by Gasteiger charge is -2.06. The van der Waals surface area contributed by atoms with E-state index in [1.807, 2.05) is 24.3 Å². The van der Waals surface area contributed by atoms with Crippen molar-refractivity contribution in [1.29, 1.82) is 5.26 Å². The number of pyridine rings is 1. The summed E-state index contributed by atoms with van der Waals surface area (Å²) in [6, 6.07) is 11.8. The second-order valence-corrected chi connectivity index (χ2v) is 3.49. The summed E-state index contributed by atoms with van der Waals surface area (Å²) >= 11 is 0. The molecule has 0 aliphatic carbocycles. The first-order valence-electron chi connectivity index (χ1n) is 5.13. The average Bonchev–Trinajstić information content (AvgIpc) is 2.38. The van der Waals surface area contributed by atoms with Gasteiger partial charge in [0.05, 0.1) is 11.6 Å². The van der Waals surface area contributed by atoms with Gasteiger partial charge >= 0.3 is 0 Å². The maximum atomic E-state index is 13.5. The standard InChI is InChI=1S/C13H10FN3/c14-12-7-10(8-15)4-5-11(12)9-17-13-3-1-2-6-16-13/h1-7H,9H2,(H,16,17). The first-order chi connectivity index (χ1) is 8.29. The number of halogens is 1. The van der Waals surface area contributed by atoms with Gasteiger partial charge in [-0.1, -0.05) is 12.1 Å². The largest absolute Gasteiger partial charge is 0.366 e. The van der Waals surface area contributed by atoms with Crippen LogP contribution in [-0.2, 0) is 6.54 Å². The third-order valence-electron chi connectivity index (χ3n) is 2.31. The molecule has 1 N–H and O–H groups in total. The van der Waals surface area contributed by atoms with E-state index in [-0.39, 0.29) is 5.82 Å². The minimum absolute atomic E-state index is 0.323. The topological polar surface area (TPSA) is 48.7 Å². The summed E-state index contributed by atoms with van der Waals surface area (Å²) in [7, 11) is 0. The molecule has 1 aromatic carbocycles. The summed E-state index contributed by atoms with van der Waals surface area (Å²) in [4.78, 5) is 4.07. The molecule has 3 nitrogen and oxygen atoms in total. The maximum absolute atomic E-state index is 13.5. The Labute approximate surface area is 98.5 Å². The molecule has 17 heavy (non-hydrogen) atoms. The van der Waals surface area contributed by atoms with Crippen LogP contribution in [0, 0.1) is 17.1 Å². The molecule has 84 valence electrons. The van der Waals surface area contributed by atoms with E-state index in [4.69, 9.17) is 5.26 Å². The predicted molar refractivity (Wildman–Crippen MR) is 62.7 cm³/mol. The van der Waals surface area contributed by atoms with Crippen LogP contribution >= 0.6 is 0 Å². The van der Waals surface area contributed by atoms with Gasteiger partial charge in [0.15, 0.2) is 0 Å². The molecule has 0 radical (unpaired) electrons. The number of anilines is 1. The van der Waals surface area contributed by atoms with E-state index in [1.54, 1.807) is 18.3 Å². The molecule has 0 aliphatic rings. The second kappa shape index (κ2) is 5.08. The van der Waals surface area contributed by atoms with Crippen LogP contribution in [0.2, 0.25) is 0 Å². The minimum atomic E-state index is -0.382. The van der Waals surface area contributed by atoms with Crippen LogP contribution in [0.1, 0.15) is 11.1 Å². The zero-order chi connectivity index (χ0) is 12.1. The monoisotopic (exact) mass is 227 g/mol. The van der Waals surface area contributed by atoms with Gasteiger partial charge in [0.1, 0.15) is 11.6 Å². The van der Waals surface area contributed by atoms with Crippen LogP contribution in [0.25, 0.3) is 0 Å². The fourth-order valence-electron chi connectivity index (χ4n) is 1.41. The SMILES string of the molecule is N#Cc1ccc(CNc2ccccn2)c(F)c1. The number of hydrogen-bond acceptors (Lipinski definition) is 3. The number of rotatable bonds is 3. The molecule has 0 saturated carbocycles. The summed E-state index contributed by atoms with van der Waals surface area (Å²) < 4.78 is 13.5. The molecule has 2 rings (SSSR count). The Bertz CT molecular complexity index is 546. The van der Waals surface area contributed by atoms with Crippen LogP contribution in [0.3, 0.4) is 0 Å². The van der Waals surface area contributed by atoms with Gasteiger partial charge in [0.2, 0.25) is 0 Å². The van der Waals surface area contributed by atoms with Crippen LogP contribution in [0.15, 0.2) is 42.6 Å². The lowest BCUT2D eigenvalue weighted by molar-refractivity contribution is 0.612. The van der Waals surface area contributed by atoms with Crippen molar-refractivity contribution in [2.45, 2.75) is 6.54 Å². The number of benzene rings is 1. The lowest BCUT2D eigenvalue weighted by atomic mass is 10.1. The molecular formula is C13H10FN3. The van der Waals surface area contributed by atoms with E-state index < -0.39 is 0 Å². The van der Waals surface area contributed by atoms with E-state index in [9.17, 15) is 4.39 Å².